The molecule has 2 aromatic rings. The molecule has 0 spiro atoms. The van der Waals surface area contributed by atoms with Crippen LogP contribution in [-0.2, 0) is 0 Å². The molecular weight excluding hydrogens is 246 g/mol. The molecular formula is C18H23NO. The number of hydrogen-bond acceptors (Lipinski definition) is 2. The van der Waals surface area contributed by atoms with Gasteiger partial charge in [-0.3, -0.25) is 0 Å². The van der Waals surface area contributed by atoms with Gasteiger partial charge in [0.25, 0.3) is 0 Å². The Labute approximate surface area is 121 Å². The number of benzene rings is 2. The number of rotatable bonds is 4. The molecule has 2 aromatic carbocycles. The molecule has 0 saturated carbocycles. The Morgan fingerprint density at radius 3 is 2.30 bits per heavy atom. The average Bonchev–Trinajstić information content (AvgIpc) is 2.38. The van der Waals surface area contributed by atoms with Crippen LogP contribution in [0.3, 0.4) is 0 Å². The molecule has 0 aliphatic heterocycles. The summed E-state index contributed by atoms with van der Waals surface area (Å²) in [5.74, 6) is 0.870. The normalized spacial score (nSPS) is 12.5. The molecule has 0 fully saturated rings. The van der Waals surface area contributed by atoms with Gasteiger partial charge in [-0.25, -0.2) is 0 Å². The van der Waals surface area contributed by atoms with Gasteiger partial charge in [0.1, 0.15) is 5.75 Å². The highest BCUT2D eigenvalue weighted by atomic mass is 16.5. The molecule has 20 heavy (non-hydrogen) atoms. The van der Waals surface area contributed by atoms with Crippen LogP contribution >= 0.6 is 0 Å². The molecule has 0 aliphatic rings. The lowest BCUT2D eigenvalue weighted by Crippen LogP contribution is -2.16. The fourth-order valence-electron chi connectivity index (χ4n) is 2.44. The maximum Gasteiger partial charge on any atom is 0.124 e. The van der Waals surface area contributed by atoms with Gasteiger partial charge in [0.05, 0.1) is 12.1 Å². The van der Waals surface area contributed by atoms with Crippen LogP contribution in [0.15, 0.2) is 42.5 Å². The Kier molecular flexibility index (Phi) is 4.46. The van der Waals surface area contributed by atoms with Crippen LogP contribution in [0.1, 0.15) is 42.1 Å². The summed E-state index contributed by atoms with van der Waals surface area (Å²) >= 11 is 0. The molecule has 2 nitrogen and oxygen atoms in total. The van der Waals surface area contributed by atoms with Gasteiger partial charge in [-0.1, -0.05) is 42.0 Å². The number of para-hydroxylation sites is 1. The van der Waals surface area contributed by atoms with E-state index in [-0.39, 0.29) is 12.1 Å². The fourth-order valence-corrected chi connectivity index (χ4v) is 2.44. The smallest absolute Gasteiger partial charge is 0.124 e. The van der Waals surface area contributed by atoms with Crippen molar-refractivity contribution in [3.05, 3.63) is 64.7 Å². The summed E-state index contributed by atoms with van der Waals surface area (Å²) in [6, 6.07) is 14.2. The van der Waals surface area contributed by atoms with Crippen LogP contribution in [0.2, 0.25) is 0 Å². The summed E-state index contributed by atoms with van der Waals surface area (Å²) in [6.07, 6.45) is 0.141. The molecule has 0 amide bonds. The molecule has 0 aliphatic carbocycles. The molecule has 2 heteroatoms. The first-order chi connectivity index (χ1) is 9.49. The number of ether oxygens (including phenoxy) is 1. The quantitative estimate of drug-likeness (QED) is 0.905. The van der Waals surface area contributed by atoms with Crippen LogP contribution in [0.5, 0.6) is 5.75 Å². The zero-order valence-corrected chi connectivity index (χ0v) is 12.7. The van der Waals surface area contributed by atoms with Gasteiger partial charge in [0.2, 0.25) is 0 Å². The van der Waals surface area contributed by atoms with Crippen LogP contribution < -0.4 is 10.5 Å². The summed E-state index contributed by atoms with van der Waals surface area (Å²) < 4.78 is 5.87. The first-order valence-corrected chi connectivity index (χ1v) is 7.07. The van der Waals surface area contributed by atoms with Crippen molar-refractivity contribution in [3.8, 4) is 5.75 Å². The van der Waals surface area contributed by atoms with Crippen molar-refractivity contribution in [1.29, 1.82) is 0 Å². The van der Waals surface area contributed by atoms with Crippen LogP contribution in [0.4, 0.5) is 0 Å². The number of aryl methyl sites for hydroxylation is 2. The summed E-state index contributed by atoms with van der Waals surface area (Å²) in [4.78, 5) is 0. The lowest BCUT2D eigenvalue weighted by Gasteiger charge is -2.20. The van der Waals surface area contributed by atoms with Gasteiger partial charge in [0, 0.05) is 5.56 Å². The highest BCUT2D eigenvalue weighted by Crippen LogP contribution is 2.30. The first kappa shape index (κ1) is 14.6. The average molecular weight is 269 g/mol. The molecule has 0 bridgehead atoms. The molecule has 1 atom stereocenters. The predicted octanol–water partition coefficient (Wildman–Crippen LogP) is 4.14. The van der Waals surface area contributed by atoms with Crippen molar-refractivity contribution >= 4 is 0 Å². The first-order valence-electron chi connectivity index (χ1n) is 7.07. The lowest BCUT2D eigenvalue weighted by atomic mass is 9.94. The lowest BCUT2D eigenvalue weighted by molar-refractivity contribution is 0.239. The minimum Gasteiger partial charge on any atom is -0.491 e. The van der Waals surface area contributed by atoms with Crippen LogP contribution in [0, 0.1) is 13.8 Å². The summed E-state index contributed by atoms with van der Waals surface area (Å²) in [7, 11) is 0. The molecule has 0 radical (unpaired) electrons. The SMILES string of the molecule is Cc1ccc(C(N)c2ccccc2OC(C)C)c(C)c1. The monoisotopic (exact) mass is 269 g/mol. The summed E-state index contributed by atoms with van der Waals surface area (Å²) in [5, 5.41) is 0. The van der Waals surface area contributed by atoms with E-state index in [1.807, 2.05) is 38.1 Å². The second-order valence-electron chi connectivity index (χ2n) is 5.54. The molecule has 2 N–H and O–H groups in total. The third kappa shape index (κ3) is 3.20. The zero-order valence-electron chi connectivity index (χ0n) is 12.7. The van der Waals surface area contributed by atoms with E-state index in [2.05, 4.69) is 32.0 Å². The van der Waals surface area contributed by atoms with Crippen molar-refractivity contribution in [1.82, 2.24) is 0 Å². The maximum atomic E-state index is 6.46. The maximum absolute atomic E-state index is 6.46. The standard InChI is InChI=1S/C18H23NO/c1-12(2)20-17-8-6-5-7-16(17)18(19)15-10-9-13(3)11-14(15)4/h5-12,18H,19H2,1-4H3. The molecule has 0 saturated heterocycles. The minimum atomic E-state index is -0.162. The van der Waals surface area contributed by atoms with Gasteiger partial charge >= 0.3 is 0 Å². The van der Waals surface area contributed by atoms with E-state index in [9.17, 15) is 0 Å². The summed E-state index contributed by atoms with van der Waals surface area (Å²) in [5.41, 5.74) is 11.1. The topological polar surface area (TPSA) is 35.2 Å². The van der Waals surface area contributed by atoms with Gasteiger partial charge in [0.15, 0.2) is 0 Å². The van der Waals surface area contributed by atoms with Gasteiger partial charge < -0.3 is 10.5 Å². The Bertz CT molecular complexity index is 590. The van der Waals surface area contributed by atoms with Crippen molar-refractivity contribution in [2.24, 2.45) is 5.73 Å². The number of nitrogens with two attached hydrogens (primary N) is 1. The van der Waals surface area contributed by atoms with E-state index in [4.69, 9.17) is 10.5 Å². The molecule has 0 heterocycles. The Hall–Kier alpha value is -1.80. The zero-order chi connectivity index (χ0) is 14.7. The van der Waals surface area contributed by atoms with Crippen LogP contribution in [0.25, 0.3) is 0 Å². The van der Waals surface area contributed by atoms with E-state index in [1.165, 1.54) is 11.1 Å². The van der Waals surface area contributed by atoms with E-state index >= 15 is 0 Å². The Balaban J connectivity index is 2.40. The molecule has 1 unspecified atom stereocenters. The van der Waals surface area contributed by atoms with Gasteiger partial charge in [-0.2, -0.15) is 0 Å². The third-order valence-corrected chi connectivity index (χ3v) is 3.38. The minimum absolute atomic E-state index is 0.141. The molecule has 106 valence electrons. The highest BCUT2D eigenvalue weighted by molar-refractivity contribution is 5.44. The Morgan fingerprint density at radius 1 is 0.950 bits per heavy atom. The highest BCUT2D eigenvalue weighted by Gasteiger charge is 2.16. The van der Waals surface area contributed by atoms with E-state index in [1.54, 1.807) is 0 Å². The Morgan fingerprint density at radius 2 is 1.65 bits per heavy atom. The summed E-state index contributed by atoms with van der Waals surface area (Å²) in [6.45, 7) is 8.26. The van der Waals surface area contributed by atoms with Crippen molar-refractivity contribution in [2.45, 2.75) is 39.8 Å². The third-order valence-electron chi connectivity index (χ3n) is 3.38. The fraction of sp³-hybridized carbons (Fsp3) is 0.333. The predicted molar refractivity (Wildman–Crippen MR) is 84.2 cm³/mol. The molecule has 2 rings (SSSR count). The van der Waals surface area contributed by atoms with Gasteiger partial charge in [-0.05, 0) is 44.9 Å². The van der Waals surface area contributed by atoms with Crippen molar-refractivity contribution in [2.75, 3.05) is 0 Å². The molecule has 0 aromatic heterocycles. The van der Waals surface area contributed by atoms with Gasteiger partial charge in [-0.15, -0.1) is 0 Å². The van der Waals surface area contributed by atoms with E-state index in [0.29, 0.717) is 0 Å². The van der Waals surface area contributed by atoms with Crippen molar-refractivity contribution in [3.63, 3.8) is 0 Å². The van der Waals surface area contributed by atoms with Crippen molar-refractivity contribution < 1.29 is 4.74 Å². The van der Waals surface area contributed by atoms with E-state index < -0.39 is 0 Å². The second-order valence-corrected chi connectivity index (χ2v) is 5.54. The van der Waals surface area contributed by atoms with Crippen LogP contribution in [-0.4, -0.2) is 6.10 Å². The number of hydrogen-bond donors (Lipinski definition) is 1. The van der Waals surface area contributed by atoms with E-state index in [0.717, 1.165) is 16.9 Å². The second kappa shape index (κ2) is 6.10. The largest absolute Gasteiger partial charge is 0.491 e.